The van der Waals surface area contributed by atoms with Crippen molar-refractivity contribution in [2.24, 2.45) is 0 Å². The van der Waals surface area contributed by atoms with E-state index in [9.17, 15) is 4.21 Å². The van der Waals surface area contributed by atoms with E-state index < -0.39 is 9.71 Å². The van der Waals surface area contributed by atoms with Crippen molar-refractivity contribution in [2.45, 2.75) is 4.90 Å². The number of benzene rings is 1. The first-order valence-corrected chi connectivity index (χ1v) is 8.22. The molecule has 0 spiro atoms. The summed E-state index contributed by atoms with van der Waals surface area (Å²) in [5.41, 5.74) is 2.64. The number of aromatic amines is 1. The number of hydrogen-bond acceptors (Lipinski definition) is 2. The molecule has 1 atom stereocenters. The van der Waals surface area contributed by atoms with Crippen LogP contribution in [-0.2, 0) is 9.71 Å². The van der Waals surface area contributed by atoms with Crippen LogP contribution in [0.4, 0.5) is 0 Å². The van der Waals surface area contributed by atoms with Crippen molar-refractivity contribution < 1.29 is 4.21 Å². The van der Waals surface area contributed by atoms with Crippen LogP contribution in [0.2, 0.25) is 0 Å². The van der Waals surface area contributed by atoms with E-state index >= 15 is 0 Å². The van der Waals surface area contributed by atoms with Crippen LogP contribution in [0.1, 0.15) is 11.3 Å². The molecule has 104 valence electrons. The van der Waals surface area contributed by atoms with Crippen LogP contribution in [0.3, 0.4) is 0 Å². The first kappa shape index (κ1) is 12.2. The normalized spacial score (nSPS) is 20.0. The molecule has 0 amide bonds. The monoisotopic (exact) mass is 295 g/mol. The van der Waals surface area contributed by atoms with Crippen molar-refractivity contribution in [3.05, 3.63) is 66.2 Å². The van der Waals surface area contributed by atoms with Gasteiger partial charge in [0.25, 0.3) is 0 Å². The maximum absolute atomic E-state index is 13.2. The standard InChI is InChI=1S/C16H13N3OS/c20-21(16-4-2-1-3-12(16)6-8-19-21)11-14-9-13-5-7-17-15(13)10-18-14/h1-11,17H,(H,19,20). The van der Waals surface area contributed by atoms with Gasteiger partial charge in [0, 0.05) is 23.2 Å². The van der Waals surface area contributed by atoms with Gasteiger partial charge >= 0.3 is 0 Å². The highest BCUT2D eigenvalue weighted by Crippen LogP contribution is 2.21. The molecule has 4 rings (SSSR count). The average molecular weight is 295 g/mol. The Labute approximate surface area is 122 Å². The minimum absolute atomic E-state index is 0.699. The third kappa shape index (κ3) is 2.02. The molecule has 2 N–H and O–H groups in total. The third-order valence-corrected chi connectivity index (χ3v) is 5.58. The van der Waals surface area contributed by atoms with Crippen LogP contribution in [0, 0.1) is 0 Å². The molecule has 0 aliphatic carbocycles. The second-order valence-electron chi connectivity index (χ2n) is 4.88. The van der Waals surface area contributed by atoms with E-state index in [1.807, 2.05) is 48.7 Å². The largest absolute Gasteiger partial charge is 0.360 e. The smallest absolute Gasteiger partial charge is 0.0829 e. The van der Waals surface area contributed by atoms with E-state index in [-0.39, 0.29) is 0 Å². The lowest BCUT2D eigenvalue weighted by molar-refractivity contribution is 0.676. The lowest BCUT2D eigenvalue weighted by Crippen LogP contribution is -2.24. The van der Waals surface area contributed by atoms with Crippen molar-refractivity contribution >= 4 is 32.1 Å². The van der Waals surface area contributed by atoms with Crippen LogP contribution in [0.25, 0.3) is 17.0 Å². The van der Waals surface area contributed by atoms with Gasteiger partial charge < -0.3 is 9.71 Å². The molecular weight excluding hydrogens is 282 g/mol. The minimum Gasteiger partial charge on any atom is -0.360 e. The van der Waals surface area contributed by atoms with Gasteiger partial charge in [0.05, 0.1) is 32.0 Å². The number of fused-ring (bicyclic) bond motifs is 2. The molecule has 1 aliphatic heterocycles. The van der Waals surface area contributed by atoms with E-state index in [2.05, 4.69) is 14.7 Å². The molecule has 5 heteroatoms. The van der Waals surface area contributed by atoms with Gasteiger partial charge in [0.2, 0.25) is 0 Å². The Morgan fingerprint density at radius 1 is 1.19 bits per heavy atom. The number of rotatable bonds is 1. The molecule has 0 saturated heterocycles. The number of pyridine rings is 1. The lowest BCUT2D eigenvalue weighted by Gasteiger charge is -2.18. The Morgan fingerprint density at radius 3 is 3.05 bits per heavy atom. The summed E-state index contributed by atoms with van der Waals surface area (Å²) in [6.45, 7) is 0. The molecule has 4 nitrogen and oxygen atoms in total. The van der Waals surface area contributed by atoms with E-state index in [0.717, 1.165) is 21.4 Å². The molecule has 2 aromatic heterocycles. The summed E-state index contributed by atoms with van der Waals surface area (Å²) in [7, 11) is -2.49. The quantitative estimate of drug-likeness (QED) is 0.678. The highest BCUT2D eigenvalue weighted by molar-refractivity contribution is 8.00. The van der Waals surface area contributed by atoms with Crippen LogP contribution in [0.15, 0.2) is 59.9 Å². The first-order chi connectivity index (χ1) is 10.2. The van der Waals surface area contributed by atoms with Crippen LogP contribution < -0.4 is 4.72 Å². The number of hydrogen-bond donors (Lipinski definition) is 2. The Hall–Kier alpha value is -2.53. The fraction of sp³-hybridized carbons (Fsp3) is 0. The number of nitrogens with one attached hydrogen (secondary N) is 2. The summed E-state index contributed by atoms with van der Waals surface area (Å²) in [6, 6.07) is 11.6. The Morgan fingerprint density at radius 2 is 2.10 bits per heavy atom. The van der Waals surface area contributed by atoms with Crippen molar-refractivity contribution in [2.75, 3.05) is 0 Å². The SMILES string of the molecule is O=S1(=Cc2cc3cc[nH]c3cn2)NC=Cc2ccccc21. The zero-order valence-electron chi connectivity index (χ0n) is 11.1. The summed E-state index contributed by atoms with van der Waals surface area (Å²) in [6.07, 6.45) is 7.28. The molecule has 21 heavy (non-hydrogen) atoms. The topological polar surface area (TPSA) is 57.8 Å². The number of aromatic nitrogens is 2. The summed E-state index contributed by atoms with van der Waals surface area (Å²) in [4.78, 5) is 8.26. The number of nitrogens with zero attached hydrogens (tertiary/aromatic N) is 1. The molecule has 1 aliphatic rings. The summed E-state index contributed by atoms with van der Waals surface area (Å²) < 4.78 is 16.2. The van der Waals surface area contributed by atoms with E-state index in [4.69, 9.17) is 0 Å². The van der Waals surface area contributed by atoms with E-state index in [1.165, 1.54) is 0 Å². The van der Waals surface area contributed by atoms with Gasteiger partial charge in [-0.2, -0.15) is 0 Å². The molecule has 0 bridgehead atoms. The second kappa shape index (κ2) is 4.49. The van der Waals surface area contributed by atoms with E-state index in [1.54, 1.807) is 17.8 Å². The zero-order chi connectivity index (χ0) is 14.3. The van der Waals surface area contributed by atoms with E-state index in [0.29, 0.717) is 5.69 Å². The van der Waals surface area contributed by atoms with Crippen LogP contribution in [0.5, 0.6) is 0 Å². The van der Waals surface area contributed by atoms with Crippen LogP contribution in [-0.4, -0.2) is 19.5 Å². The van der Waals surface area contributed by atoms with Crippen LogP contribution >= 0.6 is 0 Å². The molecule has 0 radical (unpaired) electrons. The fourth-order valence-electron chi connectivity index (χ4n) is 2.48. The molecule has 1 aromatic carbocycles. The predicted molar refractivity (Wildman–Crippen MR) is 86.3 cm³/mol. The van der Waals surface area contributed by atoms with Crippen molar-refractivity contribution in [3.63, 3.8) is 0 Å². The van der Waals surface area contributed by atoms with Gasteiger partial charge in [-0.3, -0.25) is 4.98 Å². The van der Waals surface area contributed by atoms with Crippen molar-refractivity contribution in [1.82, 2.24) is 14.7 Å². The highest BCUT2D eigenvalue weighted by atomic mass is 32.2. The lowest BCUT2D eigenvalue weighted by atomic mass is 10.2. The van der Waals surface area contributed by atoms with Crippen molar-refractivity contribution in [3.8, 4) is 0 Å². The van der Waals surface area contributed by atoms with Gasteiger partial charge in [-0.25, -0.2) is 4.21 Å². The maximum atomic E-state index is 13.2. The summed E-state index contributed by atoms with van der Waals surface area (Å²) in [5.74, 6) is 0. The Bertz CT molecular complexity index is 978. The first-order valence-electron chi connectivity index (χ1n) is 6.60. The summed E-state index contributed by atoms with van der Waals surface area (Å²) >= 11 is 0. The average Bonchev–Trinajstić information content (AvgIpc) is 2.95. The van der Waals surface area contributed by atoms with Gasteiger partial charge in [0.15, 0.2) is 0 Å². The van der Waals surface area contributed by atoms with Gasteiger partial charge in [-0.05, 0) is 29.8 Å². The van der Waals surface area contributed by atoms with Crippen molar-refractivity contribution in [1.29, 1.82) is 0 Å². The van der Waals surface area contributed by atoms with Gasteiger partial charge in [-0.1, -0.05) is 18.2 Å². The maximum Gasteiger partial charge on any atom is 0.0829 e. The molecule has 0 fully saturated rings. The molecular formula is C16H13N3OS. The van der Waals surface area contributed by atoms with Gasteiger partial charge in [0.1, 0.15) is 0 Å². The minimum atomic E-state index is -2.49. The van der Waals surface area contributed by atoms with Gasteiger partial charge in [-0.15, -0.1) is 0 Å². The highest BCUT2D eigenvalue weighted by Gasteiger charge is 2.16. The second-order valence-corrected chi connectivity index (χ2v) is 6.99. The fourth-order valence-corrected chi connectivity index (χ4v) is 4.31. The number of H-pyrrole nitrogens is 1. The molecule has 3 aromatic rings. The molecule has 0 saturated carbocycles. The zero-order valence-corrected chi connectivity index (χ0v) is 11.9. The predicted octanol–water partition coefficient (Wildman–Crippen LogP) is 2.55. The molecule has 1 unspecified atom stereocenters. The summed E-state index contributed by atoms with van der Waals surface area (Å²) in [5, 5.41) is 2.76. The Kier molecular flexibility index (Phi) is 2.62. The molecule has 3 heterocycles. The Balaban J connectivity index is 1.92. The third-order valence-electron chi connectivity index (χ3n) is 3.50.